The maximum atomic E-state index is 3.86. The van der Waals surface area contributed by atoms with Crippen LogP contribution in [0.4, 0.5) is 0 Å². The van der Waals surface area contributed by atoms with Crippen LogP contribution < -0.4 is 0 Å². The van der Waals surface area contributed by atoms with Crippen LogP contribution in [-0.4, -0.2) is 27.4 Å². The molecule has 0 N–H and O–H groups in total. The highest BCUT2D eigenvalue weighted by atomic mass is 79.9. The molecular weight excluding hydrogens is 212 g/mol. The van der Waals surface area contributed by atoms with E-state index < -0.39 is 0 Å². The molecule has 0 heterocycles. The minimum absolute atomic E-state index is 0. The SMILES string of the molecule is CCCC1(Br)CCCCC1.[MgH2]. The fourth-order valence-corrected chi connectivity index (χ4v) is 2.84. The highest BCUT2D eigenvalue weighted by Crippen LogP contribution is 2.39. The van der Waals surface area contributed by atoms with Crippen LogP contribution in [0.25, 0.3) is 0 Å². The molecule has 1 aliphatic carbocycles. The van der Waals surface area contributed by atoms with Crippen molar-refractivity contribution in [3.63, 3.8) is 0 Å². The largest absolute Gasteiger partial charge is 0.316 e. The van der Waals surface area contributed by atoms with Crippen LogP contribution in [0.3, 0.4) is 0 Å². The number of alkyl halides is 1. The van der Waals surface area contributed by atoms with Crippen LogP contribution in [0.2, 0.25) is 0 Å². The molecule has 0 atom stereocenters. The molecule has 0 radical (unpaired) electrons. The first-order chi connectivity index (χ1) is 4.77. The van der Waals surface area contributed by atoms with E-state index in [1.165, 1.54) is 44.9 Å². The van der Waals surface area contributed by atoms with Crippen molar-refractivity contribution in [1.29, 1.82) is 0 Å². The zero-order chi connectivity index (χ0) is 7.45. The minimum Gasteiger partial charge on any atom is -0.0853 e. The van der Waals surface area contributed by atoms with E-state index in [9.17, 15) is 0 Å². The Morgan fingerprint density at radius 1 is 1.18 bits per heavy atom. The van der Waals surface area contributed by atoms with E-state index in [4.69, 9.17) is 0 Å². The fraction of sp³-hybridized carbons (Fsp3) is 1.00. The van der Waals surface area contributed by atoms with Gasteiger partial charge in [0.05, 0.1) is 0 Å². The van der Waals surface area contributed by atoms with Gasteiger partial charge in [-0.1, -0.05) is 48.5 Å². The number of halogens is 1. The maximum Gasteiger partial charge on any atom is 0.316 e. The molecule has 1 saturated carbocycles. The summed E-state index contributed by atoms with van der Waals surface area (Å²) in [5.41, 5.74) is 0. The quantitative estimate of drug-likeness (QED) is 0.506. The van der Waals surface area contributed by atoms with Gasteiger partial charge < -0.3 is 0 Å². The average Bonchev–Trinajstić information content (AvgIpc) is 1.89. The standard InChI is InChI=1S/C9H17Br.Mg.2H/c1-2-6-9(10)7-4-3-5-8-9;;;/h2-8H2,1H3;;;. The summed E-state index contributed by atoms with van der Waals surface area (Å²) in [5.74, 6) is 0. The number of hydrogen-bond donors (Lipinski definition) is 0. The van der Waals surface area contributed by atoms with Gasteiger partial charge in [0, 0.05) is 4.32 Å². The maximum absolute atomic E-state index is 3.86. The van der Waals surface area contributed by atoms with Crippen LogP contribution in [0.5, 0.6) is 0 Å². The minimum atomic E-state index is 0. The first-order valence-electron chi connectivity index (χ1n) is 4.46. The molecular formula is C9H19BrMg. The first-order valence-corrected chi connectivity index (χ1v) is 5.25. The van der Waals surface area contributed by atoms with E-state index in [0.29, 0.717) is 4.32 Å². The highest BCUT2D eigenvalue weighted by Gasteiger charge is 2.27. The second kappa shape index (κ2) is 5.82. The van der Waals surface area contributed by atoms with Gasteiger partial charge in [0.2, 0.25) is 0 Å². The predicted molar refractivity (Wildman–Crippen MR) is 58.2 cm³/mol. The lowest BCUT2D eigenvalue weighted by molar-refractivity contribution is 0.383. The van der Waals surface area contributed by atoms with Crippen molar-refractivity contribution in [3.05, 3.63) is 0 Å². The summed E-state index contributed by atoms with van der Waals surface area (Å²) < 4.78 is 0.542. The monoisotopic (exact) mass is 230 g/mol. The molecule has 0 amide bonds. The summed E-state index contributed by atoms with van der Waals surface area (Å²) >= 11 is 3.86. The lowest BCUT2D eigenvalue weighted by Gasteiger charge is -2.31. The normalized spacial score (nSPS) is 22.4. The highest BCUT2D eigenvalue weighted by molar-refractivity contribution is 9.10. The van der Waals surface area contributed by atoms with Crippen molar-refractivity contribution in [2.75, 3.05) is 0 Å². The van der Waals surface area contributed by atoms with Gasteiger partial charge in [0.15, 0.2) is 0 Å². The van der Waals surface area contributed by atoms with Gasteiger partial charge >= 0.3 is 23.1 Å². The summed E-state index contributed by atoms with van der Waals surface area (Å²) in [6.45, 7) is 2.28. The molecule has 0 aromatic heterocycles. The van der Waals surface area contributed by atoms with Crippen LogP contribution in [0.15, 0.2) is 0 Å². The summed E-state index contributed by atoms with van der Waals surface area (Å²) in [4.78, 5) is 0. The van der Waals surface area contributed by atoms with Gasteiger partial charge in [0.1, 0.15) is 0 Å². The van der Waals surface area contributed by atoms with Crippen LogP contribution in [0.1, 0.15) is 51.9 Å². The summed E-state index contributed by atoms with van der Waals surface area (Å²) in [6, 6.07) is 0. The Morgan fingerprint density at radius 2 is 1.73 bits per heavy atom. The lowest BCUT2D eigenvalue weighted by Crippen LogP contribution is -2.23. The first kappa shape index (κ1) is 12.2. The van der Waals surface area contributed by atoms with Gasteiger partial charge in [-0.15, -0.1) is 0 Å². The molecule has 11 heavy (non-hydrogen) atoms. The molecule has 0 bridgehead atoms. The number of rotatable bonds is 2. The van der Waals surface area contributed by atoms with E-state index in [1.807, 2.05) is 0 Å². The second-order valence-electron chi connectivity index (χ2n) is 3.46. The molecule has 2 heteroatoms. The van der Waals surface area contributed by atoms with Crippen molar-refractivity contribution in [1.82, 2.24) is 0 Å². The lowest BCUT2D eigenvalue weighted by atomic mass is 9.86. The zero-order valence-electron chi connectivity index (χ0n) is 6.83. The van der Waals surface area contributed by atoms with E-state index in [0.717, 1.165) is 0 Å². The second-order valence-corrected chi connectivity index (χ2v) is 5.14. The van der Waals surface area contributed by atoms with Crippen molar-refractivity contribution in [2.45, 2.75) is 56.2 Å². The molecule has 1 fully saturated rings. The van der Waals surface area contributed by atoms with Crippen molar-refractivity contribution >= 4 is 39.0 Å². The van der Waals surface area contributed by atoms with E-state index in [2.05, 4.69) is 22.9 Å². The fourth-order valence-electron chi connectivity index (χ4n) is 1.88. The van der Waals surface area contributed by atoms with E-state index >= 15 is 0 Å². The predicted octanol–water partition coefficient (Wildman–Crippen LogP) is 2.97. The summed E-state index contributed by atoms with van der Waals surface area (Å²) in [5, 5.41) is 0. The molecule has 0 nitrogen and oxygen atoms in total. The molecule has 0 aromatic carbocycles. The van der Waals surface area contributed by atoms with E-state index in [-0.39, 0.29) is 23.1 Å². The Hall–Kier alpha value is 1.25. The van der Waals surface area contributed by atoms with Crippen molar-refractivity contribution in [2.24, 2.45) is 0 Å². The molecule has 1 aliphatic rings. The van der Waals surface area contributed by atoms with Crippen molar-refractivity contribution in [3.8, 4) is 0 Å². The molecule has 0 saturated heterocycles. The van der Waals surface area contributed by atoms with Gasteiger partial charge in [-0.05, 0) is 19.3 Å². The van der Waals surface area contributed by atoms with Gasteiger partial charge in [0.25, 0.3) is 0 Å². The zero-order valence-corrected chi connectivity index (χ0v) is 8.41. The smallest absolute Gasteiger partial charge is 0.0853 e. The Morgan fingerprint density at radius 3 is 2.18 bits per heavy atom. The third-order valence-electron chi connectivity index (χ3n) is 2.45. The Bertz CT molecular complexity index is 92.2. The van der Waals surface area contributed by atoms with Gasteiger partial charge in [-0.25, -0.2) is 0 Å². The summed E-state index contributed by atoms with van der Waals surface area (Å²) in [6.07, 6.45) is 9.83. The Labute approximate surface area is 94.8 Å². The third kappa shape index (κ3) is 4.14. The molecule has 0 spiro atoms. The van der Waals surface area contributed by atoms with Crippen molar-refractivity contribution < 1.29 is 0 Å². The van der Waals surface area contributed by atoms with E-state index in [1.54, 1.807) is 0 Å². The number of hydrogen-bond acceptors (Lipinski definition) is 0. The Balaban J connectivity index is 0.000001000. The molecule has 0 unspecified atom stereocenters. The molecule has 64 valence electrons. The molecule has 1 rings (SSSR count). The molecule has 0 aromatic rings. The Kier molecular flexibility index (Phi) is 6.48. The van der Waals surface area contributed by atoms with Gasteiger partial charge in [-0.3, -0.25) is 0 Å². The topological polar surface area (TPSA) is 0 Å². The average molecular weight is 231 g/mol. The third-order valence-corrected chi connectivity index (χ3v) is 3.64. The van der Waals surface area contributed by atoms with Crippen LogP contribution in [-0.2, 0) is 0 Å². The van der Waals surface area contributed by atoms with Crippen LogP contribution in [0, 0.1) is 0 Å². The van der Waals surface area contributed by atoms with Gasteiger partial charge in [-0.2, -0.15) is 0 Å². The van der Waals surface area contributed by atoms with Crippen LogP contribution >= 0.6 is 15.9 Å². The molecule has 0 aliphatic heterocycles. The summed E-state index contributed by atoms with van der Waals surface area (Å²) in [7, 11) is 0.